The second kappa shape index (κ2) is 6.50. The zero-order chi connectivity index (χ0) is 17.5. The third-order valence-electron chi connectivity index (χ3n) is 7.62. The molecule has 3 unspecified atom stereocenters. The SMILES string of the molecule is C=C(C)C(=O)NC1(C(C)CCCCC)C2CC3CC1CC(C)(C3)C2. The topological polar surface area (TPSA) is 29.1 Å². The Balaban J connectivity index is 1.88. The minimum Gasteiger partial charge on any atom is -0.346 e. The predicted molar refractivity (Wildman–Crippen MR) is 101 cm³/mol. The van der Waals surface area contributed by atoms with Gasteiger partial charge in [0.05, 0.1) is 0 Å². The Bertz CT molecular complexity index is 492. The van der Waals surface area contributed by atoms with Crippen molar-refractivity contribution in [2.45, 2.75) is 91.0 Å². The maximum absolute atomic E-state index is 12.6. The fourth-order valence-electron chi connectivity index (χ4n) is 6.81. The lowest BCUT2D eigenvalue weighted by Crippen LogP contribution is -2.70. The normalized spacial score (nSPS) is 41.2. The van der Waals surface area contributed by atoms with E-state index in [4.69, 9.17) is 0 Å². The zero-order valence-corrected chi connectivity index (χ0v) is 16.3. The molecule has 0 aromatic rings. The minimum absolute atomic E-state index is 0.0280. The molecule has 4 aliphatic carbocycles. The van der Waals surface area contributed by atoms with Crippen LogP contribution in [0.2, 0.25) is 0 Å². The first kappa shape index (κ1) is 18.0. The van der Waals surface area contributed by atoms with Crippen molar-refractivity contribution in [1.82, 2.24) is 5.32 Å². The van der Waals surface area contributed by atoms with E-state index in [0.29, 0.717) is 28.7 Å². The van der Waals surface area contributed by atoms with Gasteiger partial charge in [-0.2, -0.15) is 0 Å². The molecule has 1 N–H and O–H groups in total. The van der Waals surface area contributed by atoms with Crippen LogP contribution in [0.25, 0.3) is 0 Å². The maximum Gasteiger partial charge on any atom is 0.246 e. The summed E-state index contributed by atoms with van der Waals surface area (Å²) in [6, 6.07) is 0. The minimum atomic E-state index is 0.0280. The number of carbonyl (C=O) groups excluding carboxylic acids is 1. The standard InChI is InChI=1S/C22H37NO/c1-6-7-8-9-16(4)22(23-20(24)15(2)3)18-10-17-11-19(22)14-21(5,12-17)13-18/h16-19H,2,6-14H2,1,3-5H3,(H,23,24). The first-order valence-corrected chi connectivity index (χ1v) is 10.3. The van der Waals surface area contributed by atoms with Gasteiger partial charge in [0.25, 0.3) is 0 Å². The molecule has 3 atom stereocenters. The van der Waals surface area contributed by atoms with Gasteiger partial charge in [-0.05, 0) is 74.5 Å². The van der Waals surface area contributed by atoms with E-state index in [1.165, 1.54) is 57.8 Å². The summed E-state index contributed by atoms with van der Waals surface area (Å²) in [7, 11) is 0. The Kier molecular flexibility index (Phi) is 4.88. The number of unbranched alkanes of at least 4 members (excludes halogenated alkanes) is 2. The van der Waals surface area contributed by atoms with Crippen LogP contribution in [0, 0.1) is 29.1 Å². The molecule has 0 aliphatic heterocycles. The Morgan fingerprint density at radius 1 is 1.21 bits per heavy atom. The van der Waals surface area contributed by atoms with Gasteiger partial charge in [-0.3, -0.25) is 4.79 Å². The highest BCUT2D eigenvalue weighted by Gasteiger charge is 2.62. The van der Waals surface area contributed by atoms with Crippen molar-refractivity contribution in [1.29, 1.82) is 0 Å². The predicted octanol–water partition coefficient (Wildman–Crippen LogP) is 5.48. The van der Waals surface area contributed by atoms with Gasteiger partial charge in [-0.15, -0.1) is 0 Å². The van der Waals surface area contributed by atoms with Crippen molar-refractivity contribution in [3.63, 3.8) is 0 Å². The van der Waals surface area contributed by atoms with E-state index in [-0.39, 0.29) is 11.4 Å². The van der Waals surface area contributed by atoms with Crippen LogP contribution >= 0.6 is 0 Å². The molecule has 0 heterocycles. The van der Waals surface area contributed by atoms with Gasteiger partial charge >= 0.3 is 0 Å². The van der Waals surface area contributed by atoms with Crippen molar-refractivity contribution < 1.29 is 4.79 Å². The molecule has 0 radical (unpaired) electrons. The van der Waals surface area contributed by atoms with Gasteiger partial charge in [0.15, 0.2) is 0 Å². The van der Waals surface area contributed by atoms with Crippen LogP contribution in [0.4, 0.5) is 0 Å². The number of carbonyl (C=O) groups is 1. The first-order valence-electron chi connectivity index (χ1n) is 10.3. The third-order valence-corrected chi connectivity index (χ3v) is 7.62. The van der Waals surface area contributed by atoms with Crippen molar-refractivity contribution in [3.8, 4) is 0 Å². The van der Waals surface area contributed by atoms with Crippen LogP contribution in [-0.4, -0.2) is 11.4 Å². The van der Waals surface area contributed by atoms with Crippen LogP contribution in [0.5, 0.6) is 0 Å². The number of nitrogens with one attached hydrogen (secondary N) is 1. The Morgan fingerprint density at radius 3 is 2.33 bits per heavy atom. The summed E-state index contributed by atoms with van der Waals surface area (Å²) in [5, 5.41) is 3.58. The van der Waals surface area contributed by atoms with Gasteiger partial charge < -0.3 is 5.32 Å². The molecule has 136 valence electrons. The van der Waals surface area contributed by atoms with E-state index in [1.807, 2.05) is 6.92 Å². The molecule has 4 bridgehead atoms. The summed E-state index contributed by atoms with van der Waals surface area (Å²) in [5.74, 6) is 2.92. The Labute approximate surface area is 148 Å². The molecule has 1 amide bonds. The van der Waals surface area contributed by atoms with Crippen LogP contribution in [0.15, 0.2) is 12.2 Å². The Morgan fingerprint density at radius 2 is 1.83 bits per heavy atom. The second-order valence-corrected chi connectivity index (χ2v) is 9.72. The molecule has 4 aliphatic rings. The number of rotatable bonds is 7. The van der Waals surface area contributed by atoms with Crippen LogP contribution < -0.4 is 5.32 Å². The van der Waals surface area contributed by atoms with E-state index in [0.717, 1.165) is 5.92 Å². The lowest BCUT2D eigenvalue weighted by molar-refractivity contribution is -0.149. The van der Waals surface area contributed by atoms with Gasteiger partial charge in [0, 0.05) is 11.1 Å². The molecule has 4 fully saturated rings. The van der Waals surface area contributed by atoms with Crippen LogP contribution in [-0.2, 0) is 4.79 Å². The van der Waals surface area contributed by atoms with Crippen molar-refractivity contribution in [2.24, 2.45) is 29.1 Å². The molecular formula is C22H37NO. The van der Waals surface area contributed by atoms with Crippen molar-refractivity contribution in [2.75, 3.05) is 0 Å². The molecule has 4 rings (SSSR count). The fraction of sp³-hybridized carbons (Fsp3) is 0.864. The highest BCUT2D eigenvalue weighted by Crippen LogP contribution is 2.65. The lowest BCUT2D eigenvalue weighted by Gasteiger charge is -2.66. The summed E-state index contributed by atoms with van der Waals surface area (Å²) in [6.45, 7) is 12.9. The third kappa shape index (κ3) is 2.95. The summed E-state index contributed by atoms with van der Waals surface area (Å²) in [5.41, 5.74) is 1.23. The van der Waals surface area contributed by atoms with Crippen LogP contribution in [0.3, 0.4) is 0 Å². The molecule has 24 heavy (non-hydrogen) atoms. The van der Waals surface area contributed by atoms with Gasteiger partial charge in [-0.25, -0.2) is 0 Å². The summed E-state index contributed by atoms with van der Waals surface area (Å²) >= 11 is 0. The molecule has 2 heteroatoms. The Hall–Kier alpha value is -0.790. The monoisotopic (exact) mass is 331 g/mol. The molecule has 2 nitrogen and oxygen atoms in total. The molecular weight excluding hydrogens is 294 g/mol. The number of hydrogen-bond acceptors (Lipinski definition) is 1. The van der Waals surface area contributed by atoms with E-state index in [9.17, 15) is 4.79 Å². The molecule has 0 aromatic carbocycles. The highest BCUT2D eigenvalue weighted by molar-refractivity contribution is 5.92. The van der Waals surface area contributed by atoms with E-state index in [2.05, 4.69) is 32.7 Å². The lowest BCUT2D eigenvalue weighted by atomic mass is 9.42. The van der Waals surface area contributed by atoms with Crippen LogP contribution in [0.1, 0.15) is 85.5 Å². The summed E-state index contributed by atoms with van der Waals surface area (Å²) < 4.78 is 0. The average Bonchev–Trinajstić information content (AvgIpc) is 2.49. The zero-order valence-electron chi connectivity index (χ0n) is 16.3. The van der Waals surface area contributed by atoms with Gasteiger partial charge in [-0.1, -0.05) is 46.6 Å². The van der Waals surface area contributed by atoms with E-state index >= 15 is 0 Å². The van der Waals surface area contributed by atoms with E-state index in [1.54, 1.807) is 0 Å². The number of hydrogen-bond donors (Lipinski definition) is 1. The smallest absolute Gasteiger partial charge is 0.246 e. The quantitative estimate of drug-likeness (QED) is 0.486. The first-order chi connectivity index (χ1) is 11.3. The number of amides is 1. The van der Waals surface area contributed by atoms with Crippen molar-refractivity contribution in [3.05, 3.63) is 12.2 Å². The van der Waals surface area contributed by atoms with E-state index < -0.39 is 0 Å². The summed E-state index contributed by atoms with van der Waals surface area (Å²) in [6.07, 6.45) is 11.8. The van der Waals surface area contributed by atoms with Gasteiger partial charge in [0.2, 0.25) is 5.91 Å². The maximum atomic E-state index is 12.6. The second-order valence-electron chi connectivity index (χ2n) is 9.72. The molecule has 0 spiro atoms. The molecule has 0 saturated heterocycles. The molecule has 4 saturated carbocycles. The molecule has 0 aromatic heterocycles. The highest BCUT2D eigenvalue weighted by atomic mass is 16.1. The fourth-order valence-corrected chi connectivity index (χ4v) is 6.81. The summed E-state index contributed by atoms with van der Waals surface area (Å²) in [4.78, 5) is 12.6. The average molecular weight is 332 g/mol. The van der Waals surface area contributed by atoms with Gasteiger partial charge in [0.1, 0.15) is 0 Å². The van der Waals surface area contributed by atoms with Crippen molar-refractivity contribution >= 4 is 5.91 Å². The largest absolute Gasteiger partial charge is 0.346 e.